The number of piperazine rings is 1. The van der Waals surface area contributed by atoms with Crippen molar-refractivity contribution in [2.45, 2.75) is 20.4 Å². The maximum Gasteiger partial charge on any atom is 0.260 e. The van der Waals surface area contributed by atoms with Gasteiger partial charge >= 0.3 is 0 Å². The lowest BCUT2D eigenvalue weighted by molar-refractivity contribution is -0.117. The van der Waals surface area contributed by atoms with Gasteiger partial charge in [-0.2, -0.15) is 0 Å². The molecule has 0 unspecified atom stereocenters. The minimum atomic E-state index is -0.0823. The van der Waals surface area contributed by atoms with Crippen molar-refractivity contribution in [2.24, 2.45) is 0 Å². The molecule has 0 atom stereocenters. The third-order valence-electron chi connectivity index (χ3n) is 6.39. The molecule has 2 aromatic heterocycles. The molecule has 2 aromatic carbocycles. The molecule has 1 aliphatic heterocycles. The van der Waals surface area contributed by atoms with E-state index in [1.807, 2.05) is 37.3 Å². The Morgan fingerprint density at radius 2 is 1.69 bits per heavy atom. The fraction of sp³-hybridized carbons (Fsp3) is 0.296. The number of amides is 1. The lowest BCUT2D eigenvalue weighted by Gasteiger charge is -2.33. The van der Waals surface area contributed by atoms with Crippen LogP contribution in [-0.4, -0.2) is 58.4 Å². The maximum absolute atomic E-state index is 13.1. The number of carbonyl (C=O) groups is 1. The number of fused-ring (bicyclic) bond motifs is 1. The Morgan fingerprint density at radius 1 is 1.00 bits per heavy atom. The topological polar surface area (TPSA) is 81.3 Å². The van der Waals surface area contributed by atoms with Gasteiger partial charge in [-0.3, -0.25) is 19.4 Å². The van der Waals surface area contributed by atoms with E-state index in [0.717, 1.165) is 52.7 Å². The number of nitrogens with zero attached hydrogens (tertiary/aromatic N) is 3. The van der Waals surface area contributed by atoms with Crippen molar-refractivity contribution in [1.82, 2.24) is 19.8 Å². The first-order valence-corrected chi connectivity index (χ1v) is 12.7. The first kappa shape index (κ1) is 23.4. The van der Waals surface area contributed by atoms with Crippen molar-refractivity contribution in [3.05, 3.63) is 81.2 Å². The Morgan fingerprint density at radius 3 is 2.40 bits per heavy atom. The Kier molecular flexibility index (Phi) is 6.77. The van der Waals surface area contributed by atoms with Gasteiger partial charge in [-0.05, 0) is 31.5 Å². The summed E-state index contributed by atoms with van der Waals surface area (Å²) >= 11 is 1.57. The van der Waals surface area contributed by atoms with E-state index in [0.29, 0.717) is 24.3 Å². The number of nitrogens with one attached hydrogen (secondary N) is 2. The largest absolute Gasteiger partial charge is 0.325 e. The number of benzene rings is 2. The number of anilines is 1. The lowest BCUT2D eigenvalue weighted by atomic mass is 10.0. The molecule has 4 aromatic rings. The van der Waals surface area contributed by atoms with Gasteiger partial charge in [-0.1, -0.05) is 48.0 Å². The first-order valence-electron chi connectivity index (χ1n) is 11.9. The SMILES string of the molecule is Cc1ccc(-c2c(C)sc3nc(CN4CCN(CC(=O)Nc5ccccc5)CC4)[nH]c(=O)c23)cc1. The molecule has 2 N–H and O–H groups in total. The summed E-state index contributed by atoms with van der Waals surface area (Å²) in [7, 11) is 0. The van der Waals surface area contributed by atoms with Gasteiger partial charge in [0.1, 0.15) is 10.7 Å². The lowest BCUT2D eigenvalue weighted by Crippen LogP contribution is -2.48. The van der Waals surface area contributed by atoms with Crippen molar-refractivity contribution in [3.8, 4) is 11.1 Å². The highest BCUT2D eigenvalue weighted by atomic mass is 32.1. The predicted octanol–water partition coefficient (Wildman–Crippen LogP) is 4.02. The minimum absolute atomic E-state index is 0.00135. The number of thiophene rings is 1. The van der Waals surface area contributed by atoms with Crippen LogP contribution in [0.1, 0.15) is 16.3 Å². The second kappa shape index (κ2) is 10.1. The van der Waals surface area contributed by atoms with Gasteiger partial charge in [-0.15, -0.1) is 11.3 Å². The van der Waals surface area contributed by atoms with Gasteiger partial charge in [0, 0.05) is 42.3 Å². The van der Waals surface area contributed by atoms with E-state index in [1.165, 1.54) is 5.56 Å². The molecule has 8 heteroatoms. The molecular weight excluding hydrogens is 458 g/mol. The molecule has 1 amide bonds. The summed E-state index contributed by atoms with van der Waals surface area (Å²) in [5, 5.41) is 3.62. The second-order valence-corrected chi connectivity index (χ2v) is 10.3. The van der Waals surface area contributed by atoms with Crippen LogP contribution in [0.5, 0.6) is 0 Å². The highest BCUT2D eigenvalue weighted by molar-refractivity contribution is 7.19. The summed E-state index contributed by atoms with van der Waals surface area (Å²) in [5.74, 6) is 0.688. The van der Waals surface area contributed by atoms with E-state index in [-0.39, 0.29) is 11.5 Å². The highest BCUT2D eigenvalue weighted by Crippen LogP contribution is 2.35. The predicted molar refractivity (Wildman–Crippen MR) is 142 cm³/mol. The number of aromatic amines is 1. The molecule has 0 aliphatic carbocycles. The van der Waals surface area contributed by atoms with E-state index in [4.69, 9.17) is 4.98 Å². The summed E-state index contributed by atoms with van der Waals surface area (Å²) in [6.45, 7) is 8.30. The molecule has 0 spiro atoms. The summed E-state index contributed by atoms with van der Waals surface area (Å²) in [4.78, 5) is 39.6. The van der Waals surface area contributed by atoms with E-state index in [9.17, 15) is 9.59 Å². The van der Waals surface area contributed by atoms with Gasteiger partial charge < -0.3 is 10.3 Å². The molecule has 0 saturated carbocycles. The number of aromatic nitrogens is 2. The van der Waals surface area contributed by atoms with Gasteiger partial charge in [-0.25, -0.2) is 4.98 Å². The van der Waals surface area contributed by atoms with Crippen LogP contribution in [0.25, 0.3) is 21.3 Å². The number of hydrogen-bond acceptors (Lipinski definition) is 6. The molecule has 5 rings (SSSR count). The van der Waals surface area contributed by atoms with Crippen molar-refractivity contribution in [3.63, 3.8) is 0 Å². The van der Waals surface area contributed by atoms with Crippen LogP contribution in [0.15, 0.2) is 59.4 Å². The number of aryl methyl sites for hydroxylation is 2. The minimum Gasteiger partial charge on any atom is -0.325 e. The molecule has 35 heavy (non-hydrogen) atoms. The Bertz CT molecular complexity index is 1390. The molecular formula is C27H29N5O2S. The molecule has 0 radical (unpaired) electrons. The molecule has 1 aliphatic rings. The zero-order valence-corrected chi connectivity index (χ0v) is 20.8. The van der Waals surface area contributed by atoms with Crippen LogP contribution in [0.3, 0.4) is 0 Å². The zero-order valence-electron chi connectivity index (χ0n) is 20.0. The van der Waals surface area contributed by atoms with Crippen molar-refractivity contribution in [1.29, 1.82) is 0 Å². The maximum atomic E-state index is 13.1. The highest BCUT2D eigenvalue weighted by Gasteiger charge is 2.21. The third-order valence-corrected chi connectivity index (χ3v) is 7.39. The van der Waals surface area contributed by atoms with E-state index < -0.39 is 0 Å². The molecule has 180 valence electrons. The standard InChI is InChI=1S/C27H29N5O2S/c1-18-8-10-20(11-9-18)24-19(2)35-27-25(24)26(34)29-22(30-27)16-31-12-14-32(15-13-31)17-23(33)28-21-6-4-3-5-7-21/h3-11H,12-17H2,1-2H3,(H,28,33)(H,29,30,34). The van der Waals surface area contributed by atoms with Crippen LogP contribution >= 0.6 is 11.3 Å². The summed E-state index contributed by atoms with van der Waals surface area (Å²) in [6, 6.07) is 17.8. The number of H-pyrrole nitrogens is 1. The number of carbonyl (C=O) groups excluding carboxylic acids is 1. The number of hydrogen-bond donors (Lipinski definition) is 2. The average Bonchev–Trinajstić information content (AvgIpc) is 3.18. The average molecular weight is 488 g/mol. The molecule has 1 fully saturated rings. The van der Waals surface area contributed by atoms with Gasteiger partial charge in [0.05, 0.1) is 18.5 Å². The van der Waals surface area contributed by atoms with Gasteiger partial charge in [0.25, 0.3) is 5.56 Å². The van der Waals surface area contributed by atoms with E-state index in [2.05, 4.69) is 51.3 Å². The smallest absolute Gasteiger partial charge is 0.260 e. The quantitative estimate of drug-likeness (QED) is 0.429. The molecule has 0 bridgehead atoms. The van der Waals surface area contributed by atoms with Gasteiger partial charge in [0.15, 0.2) is 0 Å². The summed E-state index contributed by atoms with van der Waals surface area (Å²) < 4.78 is 0. The van der Waals surface area contributed by atoms with Crippen LogP contribution in [0, 0.1) is 13.8 Å². The number of rotatable bonds is 6. The van der Waals surface area contributed by atoms with Crippen molar-refractivity contribution < 1.29 is 4.79 Å². The molecule has 3 heterocycles. The fourth-order valence-corrected chi connectivity index (χ4v) is 5.61. The fourth-order valence-electron chi connectivity index (χ4n) is 4.55. The second-order valence-electron chi connectivity index (χ2n) is 9.06. The number of para-hydroxylation sites is 1. The van der Waals surface area contributed by atoms with Crippen molar-refractivity contribution in [2.75, 3.05) is 38.0 Å². The Labute approximate surface area is 208 Å². The van der Waals surface area contributed by atoms with Crippen LogP contribution in [0.4, 0.5) is 5.69 Å². The Hall–Kier alpha value is -3.33. The summed E-state index contributed by atoms with van der Waals surface area (Å²) in [5.41, 5.74) is 3.95. The van der Waals surface area contributed by atoms with Gasteiger partial charge in [0.2, 0.25) is 5.91 Å². The monoisotopic (exact) mass is 487 g/mol. The molecule has 1 saturated heterocycles. The molecule has 7 nitrogen and oxygen atoms in total. The normalized spacial score (nSPS) is 14.9. The third kappa shape index (κ3) is 5.35. The van der Waals surface area contributed by atoms with E-state index >= 15 is 0 Å². The van der Waals surface area contributed by atoms with Crippen LogP contribution < -0.4 is 10.9 Å². The first-order chi connectivity index (χ1) is 17.0. The van der Waals surface area contributed by atoms with E-state index in [1.54, 1.807) is 11.3 Å². The van der Waals surface area contributed by atoms with Crippen LogP contribution in [-0.2, 0) is 11.3 Å². The van der Waals surface area contributed by atoms with Crippen LogP contribution in [0.2, 0.25) is 0 Å². The zero-order chi connectivity index (χ0) is 24.4. The summed E-state index contributed by atoms with van der Waals surface area (Å²) in [6.07, 6.45) is 0. The Balaban J connectivity index is 1.22. The van der Waals surface area contributed by atoms with Crippen molar-refractivity contribution >= 4 is 33.1 Å².